The normalized spacial score (nSPS) is 14.6. The molecule has 0 aromatic heterocycles. The van der Waals surface area contributed by atoms with Crippen LogP contribution in [0.3, 0.4) is 0 Å². The van der Waals surface area contributed by atoms with Gasteiger partial charge in [-0.3, -0.25) is 0 Å². The molecule has 1 aromatic carbocycles. The van der Waals surface area contributed by atoms with E-state index in [4.69, 9.17) is 9.78 Å². The van der Waals surface area contributed by atoms with Gasteiger partial charge in [-0.1, -0.05) is 25.5 Å². The van der Waals surface area contributed by atoms with Crippen LogP contribution in [-0.2, 0) is 17.7 Å². The van der Waals surface area contributed by atoms with E-state index in [2.05, 4.69) is 19.1 Å². The molecule has 0 atom stereocenters. The highest BCUT2D eigenvalue weighted by Crippen LogP contribution is 2.24. The highest BCUT2D eigenvalue weighted by molar-refractivity contribution is 5.37. The molecule has 0 saturated carbocycles. The number of rotatable bonds is 3. The van der Waals surface area contributed by atoms with E-state index < -0.39 is 0 Å². The highest BCUT2D eigenvalue weighted by Gasteiger charge is 2.11. The molecule has 14 heavy (non-hydrogen) atoms. The van der Waals surface area contributed by atoms with Crippen molar-refractivity contribution >= 4 is 0 Å². The van der Waals surface area contributed by atoms with Crippen molar-refractivity contribution in [1.29, 1.82) is 0 Å². The van der Waals surface area contributed by atoms with E-state index in [1.165, 1.54) is 30.4 Å². The van der Waals surface area contributed by atoms with Gasteiger partial charge in [-0.2, -0.15) is 4.89 Å². The predicted octanol–water partition coefficient (Wildman–Crippen LogP) is 2.90. The molecule has 1 aromatic rings. The van der Waals surface area contributed by atoms with Crippen molar-refractivity contribution in [1.82, 2.24) is 0 Å². The van der Waals surface area contributed by atoms with Gasteiger partial charge < -0.3 is 4.89 Å². The van der Waals surface area contributed by atoms with Crippen molar-refractivity contribution < 1.29 is 9.78 Å². The quantitative estimate of drug-likeness (QED) is 0.685. The summed E-state index contributed by atoms with van der Waals surface area (Å²) < 4.78 is 0. The first-order valence-corrected chi connectivity index (χ1v) is 5.31. The third-order valence-corrected chi connectivity index (χ3v) is 2.55. The van der Waals surface area contributed by atoms with Crippen molar-refractivity contribution in [3.05, 3.63) is 29.3 Å². The molecule has 76 valence electrons. The molecule has 0 spiro atoms. The summed E-state index contributed by atoms with van der Waals surface area (Å²) >= 11 is 0. The Hall–Kier alpha value is -1.02. The Kier molecular flexibility index (Phi) is 3.04. The van der Waals surface area contributed by atoms with Crippen molar-refractivity contribution in [3.63, 3.8) is 0 Å². The Bertz CT molecular complexity index is 307. The molecule has 0 N–H and O–H groups in total. The van der Waals surface area contributed by atoms with Gasteiger partial charge in [0, 0.05) is 12.0 Å². The first-order valence-electron chi connectivity index (χ1n) is 5.31. The summed E-state index contributed by atoms with van der Waals surface area (Å²) in [5, 5.41) is 0. The molecule has 0 unspecified atom stereocenters. The molecule has 1 aliphatic heterocycles. The Labute approximate surface area is 84.8 Å². The molecule has 2 nitrogen and oxygen atoms in total. The molecule has 0 aliphatic carbocycles. The van der Waals surface area contributed by atoms with E-state index in [1.807, 2.05) is 6.07 Å². The fraction of sp³-hybridized carbons (Fsp3) is 0.500. The van der Waals surface area contributed by atoms with Crippen LogP contribution in [0.2, 0.25) is 0 Å². The minimum Gasteiger partial charge on any atom is -0.337 e. The Morgan fingerprint density at radius 1 is 1.36 bits per heavy atom. The Morgan fingerprint density at radius 3 is 3.14 bits per heavy atom. The zero-order valence-electron chi connectivity index (χ0n) is 8.58. The van der Waals surface area contributed by atoms with E-state index in [1.54, 1.807) is 0 Å². The molecule has 2 rings (SSSR count). The Morgan fingerprint density at radius 2 is 2.29 bits per heavy atom. The molecule has 1 heterocycles. The summed E-state index contributed by atoms with van der Waals surface area (Å²) in [6.45, 7) is 2.89. The van der Waals surface area contributed by atoms with Crippen LogP contribution in [0.4, 0.5) is 0 Å². The number of unbranched alkanes of at least 4 members (excludes halogenated alkanes) is 1. The minimum atomic E-state index is 0.671. The molecule has 2 heteroatoms. The van der Waals surface area contributed by atoms with Gasteiger partial charge in [-0.05, 0) is 24.5 Å². The van der Waals surface area contributed by atoms with Gasteiger partial charge in [0.1, 0.15) is 0 Å². The number of fused-ring (bicyclic) bond motifs is 1. The smallest absolute Gasteiger partial charge is 0.168 e. The average molecular weight is 192 g/mol. The lowest BCUT2D eigenvalue weighted by Gasteiger charge is -2.16. The van der Waals surface area contributed by atoms with Crippen LogP contribution in [0.25, 0.3) is 0 Å². The fourth-order valence-electron chi connectivity index (χ4n) is 1.70. The predicted molar refractivity (Wildman–Crippen MR) is 55.3 cm³/mol. The zero-order valence-corrected chi connectivity index (χ0v) is 8.58. The molecule has 0 bridgehead atoms. The number of hydrogen-bond donors (Lipinski definition) is 0. The molecular weight excluding hydrogens is 176 g/mol. The van der Waals surface area contributed by atoms with Crippen molar-refractivity contribution in [2.45, 2.75) is 32.6 Å². The number of benzene rings is 1. The van der Waals surface area contributed by atoms with Crippen LogP contribution in [-0.4, -0.2) is 6.61 Å². The van der Waals surface area contributed by atoms with Crippen LogP contribution in [0.5, 0.6) is 5.75 Å². The molecule has 0 saturated heterocycles. The monoisotopic (exact) mass is 192 g/mol. The van der Waals surface area contributed by atoms with Gasteiger partial charge in [0.15, 0.2) is 5.75 Å². The lowest BCUT2D eigenvalue weighted by molar-refractivity contribution is -0.215. The SMILES string of the molecule is CCCCc1ccc2c(c1)CCOO2. The van der Waals surface area contributed by atoms with Crippen LogP contribution >= 0.6 is 0 Å². The number of hydrogen-bond acceptors (Lipinski definition) is 2. The van der Waals surface area contributed by atoms with E-state index in [-0.39, 0.29) is 0 Å². The van der Waals surface area contributed by atoms with Gasteiger partial charge in [0.2, 0.25) is 0 Å². The second-order valence-corrected chi connectivity index (χ2v) is 3.70. The Balaban J connectivity index is 2.12. The maximum atomic E-state index is 5.08. The van der Waals surface area contributed by atoms with E-state index >= 15 is 0 Å². The summed E-state index contributed by atoms with van der Waals surface area (Å²) in [5.74, 6) is 0.886. The fourth-order valence-corrected chi connectivity index (χ4v) is 1.70. The highest BCUT2D eigenvalue weighted by atomic mass is 17.2. The molecule has 0 amide bonds. The molecule has 1 aliphatic rings. The van der Waals surface area contributed by atoms with Crippen molar-refractivity contribution in [2.24, 2.45) is 0 Å². The van der Waals surface area contributed by atoms with Gasteiger partial charge in [0.05, 0.1) is 6.61 Å². The number of aryl methyl sites for hydroxylation is 1. The summed E-state index contributed by atoms with van der Waals surface area (Å²) in [7, 11) is 0. The van der Waals surface area contributed by atoms with Crippen LogP contribution in [0.1, 0.15) is 30.9 Å². The van der Waals surface area contributed by atoms with Gasteiger partial charge in [-0.25, -0.2) is 0 Å². The maximum Gasteiger partial charge on any atom is 0.168 e. The average Bonchev–Trinajstić information content (AvgIpc) is 2.26. The first-order chi connectivity index (χ1) is 6.90. The molecule has 0 fully saturated rings. The summed E-state index contributed by atoms with van der Waals surface area (Å²) in [6, 6.07) is 6.39. The van der Waals surface area contributed by atoms with Crippen molar-refractivity contribution in [3.8, 4) is 5.75 Å². The van der Waals surface area contributed by atoms with Gasteiger partial charge in [0.25, 0.3) is 0 Å². The van der Waals surface area contributed by atoms with Crippen LogP contribution < -0.4 is 4.89 Å². The standard InChI is InChI=1S/C12H16O2/c1-2-3-4-10-5-6-12-11(9-10)7-8-13-14-12/h5-6,9H,2-4,7-8H2,1H3. The van der Waals surface area contributed by atoms with Crippen molar-refractivity contribution in [2.75, 3.05) is 6.61 Å². The zero-order chi connectivity index (χ0) is 9.80. The molecule has 0 radical (unpaired) electrons. The van der Waals surface area contributed by atoms with E-state index in [0.717, 1.165) is 12.2 Å². The molecular formula is C12H16O2. The van der Waals surface area contributed by atoms with Crippen LogP contribution in [0, 0.1) is 0 Å². The summed E-state index contributed by atoms with van der Waals surface area (Å²) in [5.41, 5.74) is 2.70. The minimum absolute atomic E-state index is 0.671. The van der Waals surface area contributed by atoms with E-state index in [0.29, 0.717) is 6.61 Å². The lowest BCUT2D eigenvalue weighted by Crippen LogP contribution is -2.11. The third kappa shape index (κ3) is 2.07. The van der Waals surface area contributed by atoms with Crippen LogP contribution in [0.15, 0.2) is 18.2 Å². The summed E-state index contributed by atoms with van der Waals surface area (Å²) in [6.07, 6.45) is 4.65. The summed E-state index contributed by atoms with van der Waals surface area (Å²) in [4.78, 5) is 10.00. The maximum absolute atomic E-state index is 5.08. The van der Waals surface area contributed by atoms with E-state index in [9.17, 15) is 0 Å². The van der Waals surface area contributed by atoms with Gasteiger partial charge in [-0.15, -0.1) is 0 Å². The second kappa shape index (κ2) is 4.47. The topological polar surface area (TPSA) is 18.5 Å². The third-order valence-electron chi connectivity index (χ3n) is 2.55. The largest absolute Gasteiger partial charge is 0.337 e. The lowest BCUT2D eigenvalue weighted by atomic mass is 10.0. The van der Waals surface area contributed by atoms with Gasteiger partial charge >= 0.3 is 0 Å². The second-order valence-electron chi connectivity index (χ2n) is 3.70. The first kappa shape index (κ1) is 9.53.